The number of nitrogens with one attached hydrogen (secondary N) is 1. The number of nitrogens with zero attached hydrogens (tertiary/aromatic N) is 2. The highest BCUT2D eigenvalue weighted by Gasteiger charge is 2.05. The third-order valence-corrected chi connectivity index (χ3v) is 3.27. The van der Waals surface area contributed by atoms with Gasteiger partial charge in [0.2, 0.25) is 0 Å². The fourth-order valence-electron chi connectivity index (χ4n) is 2.33. The van der Waals surface area contributed by atoms with Crippen LogP contribution >= 0.6 is 0 Å². The summed E-state index contributed by atoms with van der Waals surface area (Å²) in [7, 11) is 1.97. The van der Waals surface area contributed by atoms with Gasteiger partial charge < -0.3 is 10.1 Å². The van der Waals surface area contributed by atoms with Gasteiger partial charge in [0.15, 0.2) is 0 Å². The van der Waals surface area contributed by atoms with Gasteiger partial charge in [0.1, 0.15) is 5.75 Å². The molecule has 1 aromatic carbocycles. The molecule has 4 heteroatoms. The lowest BCUT2D eigenvalue weighted by Crippen LogP contribution is -2.13. The maximum atomic E-state index is 5.64. The minimum absolute atomic E-state index is 0.215. The molecule has 4 nitrogen and oxygen atoms in total. The van der Waals surface area contributed by atoms with Crippen LogP contribution in [0.1, 0.15) is 37.6 Å². The molecule has 0 aliphatic rings. The molecule has 114 valence electrons. The lowest BCUT2D eigenvalue weighted by atomic mass is 10.2. The molecule has 0 saturated carbocycles. The summed E-state index contributed by atoms with van der Waals surface area (Å²) in [4.78, 5) is 0. The lowest BCUT2D eigenvalue weighted by molar-refractivity contribution is 0.242. The van der Waals surface area contributed by atoms with Crippen molar-refractivity contribution < 1.29 is 4.74 Å². The van der Waals surface area contributed by atoms with Crippen LogP contribution in [0, 0.1) is 0 Å². The largest absolute Gasteiger partial charge is 0.491 e. The Kier molecular flexibility index (Phi) is 5.39. The van der Waals surface area contributed by atoms with Crippen LogP contribution in [-0.4, -0.2) is 15.9 Å². The number of aromatic nitrogens is 2. The van der Waals surface area contributed by atoms with Gasteiger partial charge in [-0.25, -0.2) is 0 Å². The number of hydrogen-bond donors (Lipinski definition) is 1. The van der Waals surface area contributed by atoms with Crippen LogP contribution in [0.15, 0.2) is 30.5 Å². The molecule has 0 amide bonds. The van der Waals surface area contributed by atoms with Crippen molar-refractivity contribution in [3.05, 3.63) is 47.3 Å². The van der Waals surface area contributed by atoms with Crippen molar-refractivity contribution in [3.8, 4) is 5.75 Å². The molecule has 0 aliphatic carbocycles. The molecule has 0 aliphatic heterocycles. The average Bonchev–Trinajstić information content (AvgIpc) is 2.80. The highest BCUT2D eigenvalue weighted by molar-refractivity contribution is 5.27. The second-order valence-electron chi connectivity index (χ2n) is 5.54. The van der Waals surface area contributed by atoms with Gasteiger partial charge in [-0.3, -0.25) is 4.68 Å². The van der Waals surface area contributed by atoms with E-state index in [0.29, 0.717) is 0 Å². The van der Waals surface area contributed by atoms with Crippen molar-refractivity contribution in [2.45, 2.75) is 46.4 Å². The third-order valence-electron chi connectivity index (χ3n) is 3.27. The molecule has 2 aromatic rings. The number of benzene rings is 1. The van der Waals surface area contributed by atoms with E-state index >= 15 is 0 Å². The summed E-state index contributed by atoms with van der Waals surface area (Å²) in [5.41, 5.74) is 3.71. The normalized spacial score (nSPS) is 11.1. The molecule has 1 aromatic heterocycles. The van der Waals surface area contributed by atoms with E-state index in [4.69, 9.17) is 4.74 Å². The van der Waals surface area contributed by atoms with E-state index in [1.54, 1.807) is 0 Å². The molecule has 0 atom stereocenters. The topological polar surface area (TPSA) is 39.1 Å². The van der Waals surface area contributed by atoms with Crippen molar-refractivity contribution in [2.75, 3.05) is 0 Å². The SMILES string of the molecule is CCc1nn(C)cc1CNCc1ccc(OC(C)C)cc1. The van der Waals surface area contributed by atoms with Crippen molar-refractivity contribution in [1.29, 1.82) is 0 Å². The summed E-state index contributed by atoms with van der Waals surface area (Å²) >= 11 is 0. The summed E-state index contributed by atoms with van der Waals surface area (Å²) in [6, 6.07) is 8.26. The second-order valence-corrected chi connectivity index (χ2v) is 5.54. The fourth-order valence-corrected chi connectivity index (χ4v) is 2.33. The number of hydrogen-bond acceptors (Lipinski definition) is 3. The minimum Gasteiger partial charge on any atom is -0.491 e. The van der Waals surface area contributed by atoms with Crippen LogP contribution in [0.2, 0.25) is 0 Å². The fraction of sp³-hybridized carbons (Fsp3) is 0.471. The molecule has 2 rings (SSSR count). The maximum absolute atomic E-state index is 5.64. The number of ether oxygens (including phenoxy) is 1. The summed E-state index contributed by atoms with van der Waals surface area (Å²) in [6.07, 6.45) is 3.27. The van der Waals surface area contributed by atoms with E-state index in [9.17, 15) is 0 Å². The molecule has 0 unspecified atom stereocenters. The first-order valence-electron chi connectivity index (χ1n) is 7.56. The van der Waals surface area contributed by atoms with Crippen molar-refractivity contribution >= 4 is 0 Å². The zero-order valence-electron chi connectivity index (χ0n) is 13.4. The molecule has 0 saturated heterocycles. The first-order chi connectivity index (χ1) is 10.1. The molecule has 0 radical (unpaired) electrons. The monoisotopic (exact) mass is 287 g/mol. The summed E-state index contributed by atoms with van der Waals surface area (Å²) in [5.74, 6) is 0.925. The van der Waals surface area contributed by atoms with Crippen molar-refractivity contribution in [3.63, 3.8) is 0 Å². The van der Waals surface area contributed by atoms with E-state index in [2.05, 4.69) is 35.7 Å². The first kappa shape index (κ1) is 15.6. The van der Waals surface area contributed by atoms with Gasteiger partial charge in [-0.2, -0.15) is 5.10 Å². The smallest absolute Gasteiger partial charge is 0.119 e. The molecule has 0 fully saturated rings. The molecule has 21 heavy (non-hydrogen) atoms. The molecule has 0 bridgehead atoms. The molecular formula is C17H25N3O. The summed E-state index contributed by atoms with van der Waals surface area (Å²) in [6.45, 7) is 7.91. The standard InChI is InChI=1S/C17H25N3O/c1-5-17-15(12-20(4)19-17)11-18-10-14-6-8-16(9-7-14)21-13(2)3/h6-9,12-13,18H,5,10-11H2,1-4H3. The predicted molar refractivity (Wildman–Crippen MR) is 85.3 cm³/mol. The molecule has 0 spiro atoms. The van der Waals surface area contributed by atoms with Gasteiger partial charge in [0, 0.05) is 31.9 Å². The Morgan fingerprint density at radius 2 is 1.90 bits per heavy atom. The van der Waals surface area contributed by atoms with E-state index in [-0.39, 0.29) is 6.10 Å². The van der Waals surface area contributed by atoms with Crippen LogP contribution in [-0.2, 0) is 26.6 Å². The van der Waals surface area contributed by atoms with Gasteiger partial charge in [0.25, 0.3) is 0 Å². The van der Waals surface area contributed by atoms with Gasteiger partial charge in [-0.15, -0.1) is 0 Å². The van der Waals surface area contributed by atoms with Crippen LogP contribution < -0.4 is 10.1 Å². The highest BCUT2D eigenvalue weighted by Crippen LogP contribution is 2.14. The number of rotatable bonds is 7. The van der Waals surface area contributed by atoms with Gasteiger partial charge >= 0.3 is 0 Å². The Labute approximate surface area is 127 Å². The van der Waals surface area contributed by atoms with E-state index in [1.165, 1.54) is 16.8 Å². The Hall–Kier alpha value is -1.81. The third kappa shape index (κ3) is 4.60. The van der Waals surface area contributed by atoms with Crippen molar-refractivity contribution in [2.24, 2.45) is 7.05 Å². The quantitative estimate of drug-likeness (QED) is 0.850. The van der Waals surface area contributed by atoms with E-state index < -0.39 is 0 Å². The van der Waals surface area contributed by atoms with Crippen LogP contribution in [0.25, 0.3) is 0 Å². The summed E-state index contributed by atoms with van der Waals surface area (Å²) < 4.78 is 7.53. The Morgan fingerprint density at radius 1 is 1.19 bits per heavy atom. The molecular weight excluding hydrogens is 262 g/mol. The first-order valence-corrected chi connectivity index (χ1v) is 7.56. The Balaban J connectivity index is 1.85. The van der Waals surface area contributed by atoms with Crippen LogP contribution in [0.3, 0.4) is 0 Å². The van der Waals surface area contributed by atoms with Gasteiger partial charge in [0.05, 0.1) is 11.8 Å². The van der Waals surface area contributed by atoms with E-state index in [0.717, 1.165) is 25.3 Å². The van der Waals surface area contributed by atoms with Crippen molar-refractivity contribution in [1.82, 2.24) is 15.1 Å². The Morgan fingerprint density at radius 3 is 2.52 bits per heavy atom. The maximum Gasteiger partial charge on any atom is 0.119 e. The zero-order chi connectivity index (χ0) is 15.2. The molecule has 1 heterocycles. The minimum atomic E-state index is 0.215. The average molecular weight is 287 g/mol. The van der Waals surface area contributed by atoms with Crippen LogP contribution in [0.4, 0.5) is 0 Å². The second kappa shape index (κ2) is 7.27. The molecule has 1 N–H and O–H groups in total. The highest BCUT2D eigenvalue weighted by atomic mass is 16.5. The van der Waals surface area contributed by atoms with Gasteiger partial charge in [-0.1, -0.05) is 19.1 Å². The van der Waals surface area contributed by atoms with Crippen LogP contribution in [0.5, 0.6) is 5.75 Å². The van der Waals surface area contributed by atoms with Gasteiger partial charge in [-0.05, 0) is 38.0 Å². The zero-order valence-corrected chi connectivity index (χ0v) is 13.4. The predicted octanol–water partition coefficient (Wildman–Crippen LogP) is 3.06. The number of aryl methyl sites for hydroxylation is 2. The Bertz CT molecular complexity index is 558. The lowest BCUT2D eigenvalue weighted by Gasteiger charge is -2.10. The van der Waals surface area contributed by atoms with E-state index in [1.807, 2.05) is 37.7 Å². The summed E-state index contributed by atoms with van der Waals surface area (Å²) in [5, 5.41) is 7.93.